The number of ether oxygens (including phenoxy) is 1. The van der Waals surface area contributed by atoms with E-state index in [0.29, 0.717) is 22.2 Å². The maximum atomic E-state index is 13.2. The Morgan fingerprint density at radius 3 is 2.30 bits per heavy atom. The zero-order valence-corrected chi connectivity index (χ0v) is 23.2. The zero-order chi connectivity index (χ0) is 28.3. The molecule has 5 aromatic rings. The molecule has 0 atom stereocenters. The van der Waals surface area contributed by atoms with E-state index in [2.05, 4.69) is 40.8 Å². The highest BCUT2D eigenvalue weighted by atomic mass is 32.2. The maximum absolute atomic E-state index is 13.2. The molecule has 8 nitrogen and oxygen atoms in total. The number of benzene rings is 3. The minimum absolute atomic E-state index is 0.0847. The molecule has 2 heterocycles. The maximum Gasteiger partial charge on any atom is 0.414 e. The predicted molar refractivity (Wildman–Crippen MR) is 157 cm³/mol. The molecule has 40 heavy (non-hydrogen) atoms. The first-order chi connectivity index (χ1) is 19.1. The van der Waals surface area contributed by atoms with Crippen LogP contribution in [0.1, 0.15) is 31.9 Å². The van der Waals surface area contributed by atoms with Gasteiger partial charge < -0.3 is 15.0 Å². The van der Waals surface area contributed by atoms with Crippen LogP contribution in [0.4, 0.5) is 10.5 Å². The lowest BCUT2D eigenvalue weighted by molar-refractivity contribution is 0.198. The van der Waals surface area contributed by atoms with Crippen LogP contribution in [0, 0.1) is 0 Å². The standard InChI is InChI=1S/C31H30N4O4S/c1-31(2,3)23-9-12-25(13-10-23)40(37,38)35-24-11-14-27-26(19-24)28(22-7-5-4-6-8-22)29(34-27)39-30(36)33-20-21-15-17-32-18-16-21/h4-19,34-35H,20H2,1-3H3,(H,33,36). The highest BCUT2D eigenvalue weighted by molar-refractivity contribution is 7.92. The molecule has 0 saturated carbocycles. The van der Waals surface area contributed by atoms with Crippen molar-refractivity contribution in [1.82, 2.24) is 15.3 Å². The SMILES string of the molecule is CC(C)(C)c1ccc(S(=O)(=O)Nc2ccc3[nH]c(OC(=O)NCc4ccncc4)c(-c4ccccc4)c3c2)cc1. The number of pyridine rings is 1. The van der Waals surface area contributed by atoms with Gasteiger partial charge in [0.15, 0.2) is 0 Å². The van der Waals surface area contributed by atoms with Crippen molar-refractivity contribution in [3.05, 3.63) is 108 Å². The Kier molecular flexibility index (Phi) is 7.32. The summed E-state index contributed by atoms with van der Waals surface area (Å²) < 4.78 is 34.8. The van der Waals surface area contributed by atoms with Gasteiger partial charge in [-0.3, -0.25) is 9.71 Å². The van der Waals surface area contributed by atoms with Crippen molar-refractivity contribution in [3.63, 3.8) is 0 Å². The van der Waals surface area contributed by atoms with E-state index in [-0.39, 0.29) is 22.7 Å². The monoisotopic (exact) mass is 554 g/mol. The van der Waals surface area contributed by atoms with Gasteiger partial charge in [0.05, 0.1) is 10.5 Å². The first kappa shape index (κ1) is 27.0. The van der Waals surface area contributed by atoms with E-state index in [1.165, 1.54) is 0 Å². The molecule has 0 aliphatic carbocycles. The van der Waals surface area contributed by atoms with Gasteiger partial charge in [-0.1, -0.05) is 63.2 Å². The summed E-state index contributed by atoms with van der Waals surface area (Å²) in [5, 5.41) is 3.44. The smallest absolute Gasteiger partial charge is 0.393 e. The fourth-order valence-corrected chi connectivity index (χ4v) is 5.40. The number of rotatable bonds is 7. The second-order valence-electron chi connectivity index (χ2n) is 10.4. The summed E-state index contributed by atoms with van der Waals surface area (Å²) in [7, 11) is -3.83. The number of carbonyl (C=O) groups excluding carboxylic acids is 1. The molecular weight excluding hydrogens is 524 g/mol. The van der Waals surface area contributed by atoms with Gasteiger partial charge in [0.2, 0.25) is 5.88 Å². The molecule has 0 fully saturated rings. The highest BCUT2D eigenvalue weighted by Crippen LogP contribution is 2.39. The summed E-state index contributed by atoms with van der Waals surface area (Å²) in [6.45, 7) is 6.51. The van der Waals surface area contributed by atoms with Crippen LogP contribution in [0.15, 0.2) is 102 Å². The van der Waals surface area contributed by atoms with Gasteiger partial charge in [-0.15, -0.1) is 0 Å². The van der Waals surface area contributed by atoms with Crippen molar-refractivity contribution in [1.29, 1.82) is 0 Å². The number of H-pyrrole nitrogens is 1. The molecule has 0 aliphatic rings. The van der Waals surface area contributed by atoms with Crippen LogP contribution in [-0.4, -0.2) is 24.5 Å². The van der Waals surface area contributed by atoms with E-state index in [1.54, 1.807) is 54.9 Å². The van der Waals surface area contributed by atoms with Gasteiger partial charge in [-0.2, -0.15) is 0 Å². The lowest BCUT2D eigenvalue weighted by atomic mass is 9.87. The van der Waals surface area contributed by atoms with Crippen molar-refractivity contribution in [3.8, 4) is 17.0 Å². The van der Waals surface area contributed by atoms with Crippen LogP contribution >= 0.6 is 0 Å². The molecule has 0 unspecified atom stereocenters. The highest BCUT2D eigenvalue weighted by Gasteiger charge is 2.21. The number of nitrogens with zero attached hydrogens (tertiary/aromatic N) is 1. The summed E-state index contributed by atoms with van der Waals surface area (Å²) in [4.78, 5) is 20.0. The Bertz CT molecular complexity index is 1740. The summed E-state index contributed by atoms with van der Waals surface area (Å²) >= 11 is 0. The zero-order valence-electron chi connectivity index (χ0n) is 22.4. The van der Waals surface area contributed by atoms with Crippen molar-refractivity contribution in [2.75, 3.05) is 4.72 Å². The molecule has 3 aromatic carbocycles. The van der Waals surface area contributed by atoms with Gasteiger partial charge in [0.1, 0.15) is 0 Å². The minimum Gasteiger partial charge on any atom is -0.393 e. The number of carbonyl (C=O) groups is 1. The second kappa shape index (κ2) is 10.9. The molecule has 3 N–H and O–H groups in total. The molecule has 9 heteroatoms. The second-order valence-corrected chi connectivity index (χ2v) is 12.1. The quantitative estimate of drug-likeness (QED) is 0.209. The Balaban J connectivity index is 1.44. The number of anilines is 1. The van der Waals surface area contributed by atoms with Crippen LogP contribution in [0.3, 0.4) is 0 Å². The Morgan fingerprint density at radius 1 is 0.925 bits per heavy atom. The predicted octanol–water partition coefficient (Wildman–Crippen LogP) is 6.62. The fraction of sp³-hybridized carbons (Fsp3) is 0.161. The van der Waals surface area contributed by atoms with Crippen LogP contribution in [-0.2, 0) is 22.0 Å². The lowest BCUT2D eigenvalue weighted by Gasteiger charge is -2.19. The first-order valence-electron chi connectivity index (χ1n) is 12.8. The van der Waals surface area contributed by atoms with Crippen LogP contribution in [0.2, 0.25) is 0 Å². The lowest BCUT2D eigenvalue weighted by Crippen LogP contribution is -2.26. The van der Waals surface area contributed by atoms with Gasteiger partial charge >= 0.3 is 6.09 Å². The van der Waals surface area contributed by atoms with Gasteiger partial charge in [-0.25, -0.2) is 13.2 Å². The van der Waals surface area contributed by atoms with Crippen LogP contribution < -0.4 is 14.8 Å². The van der Waals surface area contributed by atoms with Crippen molar-refractivity contribution in [2.24, 2.45) is 0 Å². The molecule has 0 saturated heterocycles. The van der Waals surface area contributed by atoms with E-state index in [0.717, 1.165) is 16.7 Å². The molecule has 1 amide bonds. The normalized spacial score (nSPS) is 11.8. The number of sulfonamides is 1. The summed E-state index contributed by atoms with van der Waals surface area (Å²) in [6.07, 6.45) is 2.68. The third kappa shape index (κ3) is 6.00. The van der Waals surface area contributed by atoms with E-state index in [9.17, 15) is 13.2 Å². The molecule has 5 rings (SSSR count). The summed E-state index contributed by atoms with van der Waals surface area (Å²) in [6, 6.07) is 25.1. The average Bonchev–Trinajstić information content (AvgIpc) is 3.29. The first-order valence-corrected chi connectivity index (χ1v) is 14.3. The van der Waals surface area contributed by atoms with Crippen molar-refractivity contribution < 1.29 is 17.9 Å². The number of nitrogens with one attached hydrogen (secondary N) is 3. The number of fused-ring (bicyclic) bond motifs is 1. The van der Waals surface area contributed by atoms with Gasteiger partial charge in [0, 0.05) is 35.5 Å². The molecule has 0 radical (unpaired) electrons. The Morgan fingerprint density at radius 2 is 1.62 bits per heavy atom. The number of amides is 1. The van der Waals surface area contributed by atoms with E-state index < -0.39 is 16.1 Å². The minimum atomic E-state index is -3.83. The third-order valence-electron chi connectivity index (χ3n) is 6.49. The van der Waals surface area contributed by atoms with E-state index >= 15 is 0 Å². The van der Waals surface area contributed by atoms with Crippen molar-refractivity contribution >= 4 is 32.7 Å². The van der Waals surface area contributed by atoms with Gasteiger partial charge in [0.25, 0.3) is 10.0 Å². The molecule has 204 valence electrons. The summed E-state index contributed by atoms with van der Waals surface area (Å²) in [5.74, 6) is 0.256. The molecule has 0 aliphatic heterocycles. The molecule has 0 bridgehead atoms. The van der Waals surface area contributed by atoms with E-state index in [1.807, 2.05) is 42.5 Å². The fourth-order valence-electron chi connectivity index (χ4n) is 4.35. The topological polar surface area (TPSA) is 113 Å². The largest absolute Gasteiger partial charge is 0.414 e. The Hall–Kier alpha value is -4.63. The molecular formula is C31H30N4O4S. The number of aromatic amines is 1. The molecule has 0 spiro atoms. The number of hydrogen-bond donors (Lipinski definition) is 3. The van der Waals surface area contributed by atoms with Crippen LogP contribution in [0.5, 0.6) is 5.88 Å². The number of hydrogen-bond acceptors (Lipinski definition) is 5. The summed E-state index contributed by atoms with van der Waals surface area (Å²) in [5.41, 5.74) is 4.37. The number of aromatic nitrogens is 2. The van der Waals surface area contributed by atoms with Gasteiger partial charge in [-0.05, 0) is 64.6 Å². The average molecular weight is 555 g/mol. The van der Waals surface area contributed by atoms with Crippen molar-refractivity contribution in [2.45, 2.75) is 37.6 Å². The third-order valence-corrected chi connectivity index (χ3v) is 7.89. The molecule has 2 aromatic heterocycles. The van der Waals surface area contributed by atoms with E-state index in [4.69, 9.17) is 4.74 Å². The van der Waals surface area contributed by atoms with Crippen LogP contribution in [0.25, 0.3) is 22.0 Å². The Labute approximate surface area is 233 Å².